The molecule has 3 N–H and O–H groups in total. The van der Waals surface area contributed by atoms with E-state index < -0.39 is 0 Å². The third-order valence-electron chi connectivity index (χ3n) is 3.10. The highest BCUT2D eigenvalue weighted by Crippen LogP contribution is 2.20. The van der Waals surface area contributed by atoms with E-state index >= 15 is 0 Å². The summed E-state index contributed by atoms with van der Waals surface area (Å²) in [4.78, 5) is 5.60. The Morgan fingerprint density at radius 3 is 2.93 bits per heavy atom. The molecule has 2 heterocycles. The smallest absolute Gasteiger partial charge is 0.0896 e. The van der Waals surface area contributed by atoms with Crippen LogP contribution in [-0.4, -0.2) is 24.1 Å². The van der Waals surface area contributed by atoms with Gasteiger partial charge in [0.05, 0.1) is 5.01 Å². The van der Waals surface area contributed by atoms with Gasteiger partial charge >= 0.3 is 0 Å². The molecule has 0 spiro atoms. The minimum Gasteiger partial charge on any atom is -0.327 e. The van der Waals surface area contributed by atoms with E-state index in [4.69, 9.17) is 5.73 Å². The second-order valence-electron chi connectivity index (χ2n) is 4.30. The lowest BCUT2D eigenvalue weighted by Crippen LogP contribution is -2.39. The Hall–Kier alpha value is -0.450. The molecule has 1 aliphatic heterocycles. The maximum Gasteiger partial charge on any atom is 0.0896 e. The number of nitrogens with two attached hydrogens (primary N) is 1. The molecule has 0 radical (unpaired) electrons. The van der Waals surface area contributed by atoms with Gasteiger partial charge in [-0.3, -0.25) is 0 Å². The van der Waals surface area contributed by atoms with Crippen LogP contribution in [0.3, 0.4) is 0 Å². The molecule has 84 valence electrons. The van der Waals surface area contributed by atoms with E-state index in [0.717, 1.165) is 24.5 Å². The third-order valence-corrected chi connectivity index (χ3v) is 4.03. The molecule has 2 rings (SSSR count). The molecule has 1 atom stereocenters. The summed E-state index contributed by atoms with van der Waals surface area (Å²) >= 11 is 1.77. The lowest BCUT2D eigenvalue weighted by Gasteiger charge is -2.27. The zero-order valence-electron chi connectivity index (χ0n) is 9.20. The van der Waals surface area contributed by atoms with E-state index in [0.29, 0.717) is 12.0 Å². The zero-order chi connectivity index (χ0) is 10.7. The highest BCUT2D eigenvalue weighted by Gasteiger charge is 2.20. The van der Waals surface area contributed by atoms with Crippen molar-refractivity contribution in [2.24, 2.45) is 11.7 Å². The summed E-state index contributed by atoms with van der Waals surface area (Å²) in [5.74, 6) is 0.689. The molecule has 1 saturated heterocycles. The summed E-state index contributed by atoms with van der Waals surface area (Å²) < 4.78 is 0. The number of nitrogens with zero attached hydrogens (tertiary/aromatic N) is 1. The topological polar surface area (TPSA) is 50.9 Å². The molecule has 1 aromatic rings. The molecule has 0 aromatic carbocycles. The average Bonchev–Trinajstić information content (AvgIpc) is 2.65. The molecule has 1 aromatic heterocycles. The Bertz CT molecular complexity index is 305. The van der Waals surface area contributed by atoms with E-state index in [1.807, 2.05) is 13.1 Å². The zero-order valence-corrected chi connectivity index (χ0v) is 10.0. The van der Waals surface area contributed by atoms with Gasteiger partial charge in [0.1, 0.15) is 0 Å². The lowest BCUT2D eigenvalue weighted by atomic mass is 9.89. The van der Waals surface area contributed by atoms with Gasteiger partial charge in [0, 0.05) is 17.1 Å². The first-order valence-corrected chi connectivity index (χ1v) is 6.45. The maximum absolute atomic E-state index is 6.24. The van der Waals surface area contributed by atoms with Gasteiger partial charge < -0.3 is 11.1 Å². The van der Waals surface area contributed by atoms with Crippen molar-refractivity contribution in [3.63, 3.8) is 0 Å². The Balaban J connectivity index is 1.88. The van der Waals surface area contributed by atoms with Gasteiger partial charge in [-0.2, -0.15) is 0 Å². The number of hydrogen-bond acceptors (Lipinski definition) is 4. The fourth-order valence-electron chi connectivity index (χ4n) is 2.17. The summed E-state index contributed by atoms with van der Waals surface area (Å²) in [5, 5.41) is 4.51. The van der Waals surface area contributed by atoms with Crippen LogP contribution in [-0.2, 0) is 6.42 Å². The first-order chi connectivity index (χ1) is 7.25. The first-order valence-electron chi connectivity index (χ1n) is 5.63. The molecule has 15 heavy (non-hydrogen) atoms. The van der Waals surface area contributed by atoms with Crippen LogP contribution in [0, 0.1) is 12.8 Å². The van der Waals surface area contributed by atoms with Crippen molar-refractivity contribution < 1.29 is 0 Å². The summed E-state index contributed by atoms with van der Waals surface area (Å²) in [5.41, 5.74) is 6.24. The molecular formula is C11H19N3S. The number of piperidine rings is 1. The minimum absolute atomic E-state index is 0.312. The van der Waals surface area contributed by atoms with Crippen molar-refractivity contribution in [1.29, 1.82) is 0 Å². The van der Waals surface area contributed by atoms with Crippen molar-refractivity contribution in [3.8, 4) is 0 Å². The highest BCUT2D eigenvalue weighted by atomic mass is 32.1. The van der Waals surface area contributed by atoms with Crippen LogP contribution >= 0.6 is 11.3 Å². The van der Waals surface area contributed by atoms with Crippen LogP contribution < -0.4 is 11.1 Å². The summed E-state index contributed by atoms with van der Waals surface area (Å²) in [6, 6.07) is 0.312. The first kappa shape index (κ1) is 11.0. The second kappa shape index (κ2) is 5.05. The van der Waals surface area contributed by atoms with Gasteiger partial charge in [-0.05, 0) is 45.2 Å². The number of aromatic nitrogens is 1. The molecule has 1 fully saturated rings. The van der Waals surface area contributed by atoms with Crippen molar-refractivity contribution >= 4 is 11.3 Å². The molecule has 0 aliphatic carbocycles. The van der Waals surface area contributed by atoms with Crippen molar-refractivity contribution in [1.82, 2.24) is 10.3 Å². The molecule has 0 bridgehead atoms. The van der Waals surface area contributed by atoms with E-state index in [2.05, 4.69) is 10.3 Å². The van der Waals surface area contributed by atoms with E-state index in [1.54, 1.807) is 11.3 Å². The quantitative estimate of drug-likeness (QED) is 0.816. The van der Waals surface area contributed by atoms with Crippen LogP contribution in [0.25, 0.3) is 0 Å². The van der Waals surface area contributed by atoms with Crippen LogP contribution in [0.4, 0.5) is 0 Å². The van der Waals surface area contributed by atoms with Gasteiger partial charge in [-0.15, -0.1) is 11.3 Å². The lowest BCUT2D eigenvalue weighted by molar-refractivity contribution is 0.317. The van der Waals surface area contributed by atoms with Gasteiger partial charge in [0.25, 0.3) is 0 Å². The van der Waals surface area contributed by atoms with Crippen LogP contribution in [0.1, 0.15) is 22.7 Å². The van der Waals surface area contributed by atoms with E-state index in [-0.39, 0.29) is 0 Å². The monoisotopic (exact) mass is 225 g/mol. The molecule has 3 nitrogen and oxygen atoms in total. The molecular weight excluding hydrogens is 206 g/mol. The maximum atomic E-state index is 6.24. The van der Waals surface area contributed by atoms with Crippen LogP contribution in [0.2, 0.25) is 0 Å². The standard InChI is InChI=1S/C11H19N3S/c1-8-14-7-10(15-8)6-11(12)9-2-4-13-5-3-9/h7,9,11,13H,2-6,12H2,1H3. The van der Waals surface area contributed by atoms with Crippen LogP contribution in [0.5, 0.6) is 0 Å². The van der Waals surface area contributed by atoms with Gasteiger partial charge in [0.2, 0.25) is 0 Å². The highest BCUT2D eigenvalue weighted by molar-refractivity contribution is 7.11. The summed E-state index contributed by atoms with van der Waals surface area (Å²) in [6.07, 6.45) is 5.41. The predicted molar refractivity (Wildman–Crippen MR) is 64.1 cm³/mol. The van der Waals surface area contributed by atoms with Gasteiger partial charge in [0.15, 0.2) is 0 Å². The van der Waals surface area contributed by atoms with Gasteiger partial charge in [-0.25, -0.2) is 4.98 Å². The van der Waals surface area contributed by atoms with Crippen LogP contribution in [0.15, 0.2) is 6.20 Å². The van der Waals surface area contributed by atoms with Crippen molar-refractivity contribution in [3.05, 3.63) is 16.1 Å². The largest absolute Gasteiger partial charge is 0.327 e. The number of nitrogens with one attached hydrogen (secondary N) is 1. The normalized spacial score (nSPS) is 20.4. The van der Waals surface area contributed by atoms with E-state index in [1.165, 1.54) is 17.7 Å². The van der Waals surface area contributed by atoms with Gasteiger partial charge in [-0.1, -0.05) is 0 Å². The summed E-state index contributed by atoms with van der Waals surface area (Å²) in [7, 11) is 0. The molecule has 1 aliphatic rings. The number of thiazole rings is 1. The van der Waals surface area contributed by atoms with Crippen molar-refractivity contribution in [2.75, 3.05) is 13.1 Å². The average molecular weight is 225 g/mol. The Kier molecular flexibility index (Phi) is 3.72. The Morgan fingerprint density at radius 1 is 1.60 bits per heavy atom. The molecule has 1 unspecified atom stereocenters. The number of rotatable bonds is 3. The predicted octanol–water partition coefficient (Wildman–Crippen LogP) is 1.32. The Labute approximate surface area is 95.1 Å². The van der Waals surface area contributed by atoms with Crippen molar-refractivity contribution in [2.45, 2.75) is 32.2 Å². The molecule has 0 amide bonds. The molecule has 0 saturated carbocycles. The third kappa shape index (κ3) is 3.00. The number of hydrogen-bond donors (Lipinski definition) is 2. The molecule has 4 heteroatoms. The fraction of sp³-hybridized carbons (Fsp3) is 0.727. The SMILES string of the molecule is Cc1ncc(CC(N)C2CCNCC2)s1. The second-order valence-corrected chi connectivity index (χ2v) is 5.62. The number of aryl methyl sites for hydroxylation is 1. The summed E-state index contributed by atoms with van der Waals surface area (Å²) in [6.45, 7) is 4.30. The fourth-order valence-corrected chi connectivity index (χ4v) is 3.04. The minimum atomic E-state index is 0.312. The van der Waals surface area contributed by atoms with E-state index in [9.17, 15) is 0 Å². The Morgan fingerprint density at radius 2 is 2.33 bits per heavy atom.